The number of carbonyl (C=O) groups excluding carboxylic acids is 1. The molecular weight excluding hydrogens is 441 g/mol. The van der Waals surface area contributed by atoms with Crippen molar-refractivity contribution in [2.24, 2.45) is 0 Å². The highest BCUT2D eigenvalue weighted by molar-refractivity contribution is 6.32. The van der Waals surface area contributed by atoms with Gasteiger partial charge < -0.3 is 10.1 Å². The van der Waals surface area contributed by atoms with Crippen molar-refractivity contribution in [1.29, 1.82) is 0 Å². The summed E-state index contributed by atoms with van der Waals surface area (Å²) in [4.78, 5) is 16.6. The van der Waals surface area contributed by atoms with Crippen molar-refractivity contribution in [3.63, 3.8) is 0 Å². The van der Waals surface area contributed by atoms with E-state index in [1.165, 1.54) is 36.5 Å². The quantitative estimate of drug-likeness (QED) is 0.507. The molecule has 2 aliphatic rings. The van der Waals surface area contributed by atoms with Gasteiger partial charge >= 0.3 is 0 Å². The second-order valence-corrected chi connectivity index (χ2v) is 7.99. The molecule has 0 spiro atoms. The number of aromatic nitrogens is 1. The molecule has 8 heteroatoms. The number of nitrogens with zero attached hydrogens (tertiary/aromatic N) is 1. The minimum atomic E-state index is -0.829. The maximum absolute atomic E-state index is 14.7. The Kier molecular flexibility index (Phi) is 5.23. The lowest BCUT2D eigenvalue weighted by Crippen LogP contribution is -2.23. The zero-order chi connectivity index (χ0) is 22.4. The van der Waals surface area contributed by atoms with Crippen molar-refractivity contribution in [2.45, 2.75) is 25.0 Å². The third-order valence-corrected chi connectivity index (χ3v) is 6.09. The maximum atomic E-state index is 14.7. The minimum Gasteiger partial charge on any atom is -0.365 e. The molecular formula is C24H16ClF3N2O2. The summed E-state index contributed by atoms with van der Waals surface area (Å²) in [5.74, 6) is -2.53. The van der Waals surface area contributed by atoms with Crippen LogP contribution in [-0.2, 0) is 9.53 Å². The summed E-state index contributed by atoms with van der Waals surface area (Å²) in [6.07, 6.45) is 1.78. The van der Waals surface area contributed by atoms with Gasteiger partial charge in [-0.3, -0.25) is 4.79 Å². The van der Waals surface area contributed by atoms with Crippen LogP contribution in [0.4, 0.5) is 18.9 Å². The second-order valence-electron chi connectivity index (χ2n) is 7.61. The molecule has 1 amide bonds. The lowest BCUT2D eigenvalue weighted by Gasteiger charge is -2.18. The number of nitrogens with one attached hydrogen (secondary N) is 1. The highest BCUT2D eigenvalue weighted by Gasteiger charge is 2.44. The predicted octanol–water partition coefficient (Wildman–Crippen LogP) is 5.77. The fourth-order valence-corrected chi connectivity index (χ4v) is 4.52. The number of amides is 1. The molecule has 4 nitrogen and oxygen atoms in total. The van der Waals surface area contributed by atoms with Crippen molar-refractivity contribution in [2.75, 3.05) is 5.32 Å². The van der Waals surface area contributed by atoms with Crippen molar-refractivity contribution >= 4 is 28.8 Å². The molecule has 3 heterocycles. The Morgan fingerprint density at radius 2 is 1.72 bits per heavy atom. The fraction of sp³-hybridized carbons (Fsp3) is 0.167. The van der Waals surface area contributed by atoms with Gasteiger partial charge in [0, 0.05) is 34.1 Å². The van der Waals surface area contributed by atoms with Crippen LogP contribution in [0.1, 0.15) is 18.4 Å². The van der Waals surface area contributed by atoms with Gasteiger partial charge in [-0.25, -0.2) is 13.8 Å². The first kappa shape index (κ1) is 20.7. The van der Waals surface area contributed by atoms with Crippen LogP contribution in [0.5, 0.6) is 0 Å². The molecule has 2 aromatic carbocycles. The molecule has 0 aliphatic carbocycles. The van der Waals surface area contributed by atoms with Crippen LogP contribution in [-0.4, -0.2) is 23.1 Å². The number of hydrogen-bond donors (Lipinski definition) is 1. The van der Waals surface area contributed by atoms with Gasteiger partial charge in [0.25, 0.3) is 5.91 Å². The lowest BCUT2D eigenvalue weighted by molar-refractivity contribution is -0.113. The molecule has 5 rings (SSSR count). The van der Waals surface area contributed by atoms with E-state index < -0.39 is 29.6 Å². The fourth-order valence-electron chi connectivity index (χ4n) is 4.31. The van der Waals surface area contributed by atoms with Crippen molar-refractivity contribution in [3.8, 4) is 11.1 Å². The smallest absolute Gasteiger partial charge is 0.254 e. The molecule has 1 N–H and O–H groups in total. The van der Waals surface area contributed by atoms with E-state index in [0.29, 0.717) is 29.6 Å². The average Bonchev–Trinajstić information content (AvgIpc) is 3.38. The molecule has 2 atom stereocenters. The summed E-state index contributed by atoms with van der Waals surface area (Å²) in [5.41, 5.74) is 1.64. The number of benzene rings is 2. The summed E-state index contributed by atoms with van der Waals surface area (Å²) < 4.78 is 48.5. The first-order valence-electron chi connectivity index (χ1n) is 9.99. The average molecular weight is 457 g/mol. The third kappa shape index (κ3) is 3.47. The van der Waals surface area contributed by atoms with E-state index in [9.17, 15) is 18.0 Å². The van der Waals surface area contributed by atoms with E-state index in [0.717, 1.165) is 6.07 Å². The van der Waals surface area contributed by atoms with Crippen LogP contribution in [0.15, 0.2) is 60.3 Å². The van der Waals surface area contributed by atoms with Gasteiger partial charge in [-0.2, -0.15) is 4.39 Å². The van der Waals surface area contributed by atoms with Crippen molar-refractivity contribution in [3.05, 3.63) is 88.5 Å². The number of hydrogen-bond acceptors (Lipinski definition) is 3. The van der Waals surface area contributed by atoms with Gasteiger partial charge in [0.2, 0.25) is 5.95 Å². The Hall–Kier alpha value is -3.16. The summed E-state index contributed by atoms with van der Waals surface area (Å²) >= 11 is 6.11. The molecule has 1 saturated heterocycles. The van der Waals surface area contributed by atoms with E-state index in [1.54, 1.807) is 12.1 Å². The Labute approximate surface area is 186 Å². The normalized spacial score (nSPS) is 19.5. The van der Waals surface area contributed by atoms with Crippen molar-refractivity contribution < 1.29 is 22.7 Å². The number of halogens is 4. The van der Waals surface area contributed by atoms with E-state index >= 15 is 0 Å². The highest BCUT2D eigenvalue weighted by atomic mass is 35.5. The van der Waals surface area contributed by atoms with Gasteiger partial charge in [0.05, 0.1) is 17.8 Å². The molecule has 3 aromatic rings. The van der Waals surface area contributed by atoms with E-state index in [1.807, 2.05) is 0 Å². The van der Waals surface area contributed by atoms with E-state index in [2.05, 4.69) is 10.3 Å². The summed E-state index contributed by atoms with van der Waals surface area (Å²) in [6.45, 7) is 0. The molecule has 2 aliphatic heterocycles. The van der Waals surface area contributed by atoms with Crippen LogP contribution in [0.3, 0.4) is 0 Å². The first-order valence-corrected chi connectivity index (χ1v) is 10.4. The van der Waals surface area contributed by atoms with Gasteiger partial charge in [0.15, 0.2) is 0 Å². The number of pyridine rings is 1. The zero-order valence-electron chi connectivity index (χ0n) is 16.5. The number of anilines is 1. The summed E-state index contributed by atoms with van der Waals surface area (Å²) in [5, 5.41) is 2.50. The number of rotatable bonds is 4. The molecule has 0 saturated carbocycles. The Morgan fingerprint density at radius 1 is 0.969 bits per heavy atom. The molecule has 1 fully saturated rings. The van der Waals surface area contributed by atoms with Crippen LogP contribution in [0.2, 0.25) is 5.02 Å². The van der Waals surface area contributed by atoms with Gasteiger partial charge in [0.1, 0.15) is 16.7 Å². The minimum absolute atomic E-state index is 0.0864. The van der Waals surface area contributed by atoms with Crippen LogP contribution in [0.25, 0.3) is 16.7 Å². The molecule has 2 bridgehead atoms. The second kappa shape index (κ2) is 8.07. The molecule has 32 heavy (non-hydrogen) atoms. The lowest BCUT2D eigenvalue weighted by atomic mass is 9.87. The molecule has 0 radical (unpaired) electrons. The number of fused-ring (bicyclic) bond motifs is 2. The van der Waals surface area contributed by atoms with Crippen LogP contribution >= 0.6 is 11.6 Å². The molecule has 162 valence electrons. The number of carbonyl (C=O) groups is 1. The van der Waals surface area contributed by atoms with Gasteiger partial charge in [-0.1, -0.05) is 29.8 Å². The molecule has 0 unspecified atom stereocenters. The maximum Gasteiger partial charge on any atom is 0.254 e. The van der Waals surface area contributed by atoms with E-state index in [4.69, 9.17) is 16.3 Å². The highest BCUT2D eigenvalue weighted by Crippen LogP contribution is 2.46. The third-order valence-electron chi connectivity index (χ3n) is 5.73. The van der Waals surface area contributed by atoms with Crippen molar-refractivity contribution in [1.82, 2.24) is 4.98 Å². The van der Waals surface area contributed by atoms with E-state index in [-0.39, 0.29) is 27.9 Å². The van der Waals surface area contributed by atoms with Gasteiger partial charge in [-0.15, -0.1) is 0 Å². The Morgan fingerprint density at radius 3 is 2.50 bits per heavy atom. The first-order chi connectivity index (χ1) is 15.4. The SMILES string of the molecule is O=C(Nc1ccc(-c2ccccc2F)c(F)c1)C1=C(c2ccnc(F)c2Cl)[C@@H]2CC[C@@H]1O2. The number of ether oxygens (including phenoxy) is 1. The van der Waals surface area contributed by atoms with Crippen LogP contribution < -0.4 is 5.32 Å². The molecule has 1 aromatic heterocycles. The summed E-state index contributed by atoms with van der Waals surface area (Å²) in [6, 6.07) is 11.4. The zero-order valence-corrected chi connectivity index (χ0v) is 17.3. The monoisotopic (exact) mass is 456 g/mol. The predicted molar refractivity (Wildman–Crippen MR) is 114 cm³/mol. The Bertz CT molecular complexity index is 1280. The standard InChI is InChI=1S/C24H16ClF3N2O2/c25-22-15(9-10-29-23(22)28)20-18-7-8-19(32-18)21(20)24(31)30-12-5-6-14(17(27)11-12)13-3-1-2-4-16(13)26/h1-6,9-11,18-19H,7-8H2,(H,30,31)/t18-,19-/m0/s1. The van der Waals surface area contributed by atoms with Gasteiger partial charge in [-0.05, 0) is 43.2 Å². The topological polar surface area (TPSA) is 51.2 Å². The summed E-state index contributed by atoms with van der Waals surface area (Å²) in [7, 11) is 0. The Balaban J connectivity index is 1.48. The largest absolute Gasteiger partial charge is 0.365 e. The van der Waals surface area contributed by atoms with Crippen LogP contribution in [0, 0.1) is 17.6 Å².